The molecule has 27 heavy (non-hydrogen) atoms. The number of hydrogen-bond acceptors (Lipinski definition) is 4. The van der Waals surface area contributed by atoms with E-state index in [0.717, 1.165) is 11.4 Å². The normalized spacial score (nSPS) is 15.2. The summed E-state index contributed by atoms with van der Waals surface area (Å²) in [7, 11) is 0. The van der Waals surface area contributed by atoms with Gasteiger partial charge in [0.25, 0.3) is 5.91 Å². The van der Waals surface area contributed by atoms with E-state index in [1.54, 1.807) is 6.20 Å². The van der Waals surface area contributed by atoms with Gasteiger partial charge in [0.15, 0.2) is 0 Å². The molecule has 0 unspecified atom stereocenters. The van der Waals surface area contributed by atoms with Crippen molar-refractivity contribution in [3.05, 3.63) is 47.8 Å². The number of aromatic nitrogens is 2. The summed E-state index contributed by atoms with van der Waals surface area (Å²) in [6, 6.07) is 9.62. The number of carbonyl (C=O) groups excluding carboxylic acids is 2. The van der Waals surface area contributed by atoms with E-state index >= 15 is 0 Å². The molecule has 7 nitrogen and oxygen atoms in total. The van der Waals surface area contributed by atoms with Crippen LogP contribution in [0.2, 0.25) is 0 Å². The van der Waals surface area contributed by atoms with Gasteiger partial charge in [-0.2, -0.15) is 5.10 Å². The molecule has 1 aromatic carbocycles. The van der Waals surface area contributed by atoms with Gasteiger partial charge in [-0.3, -0.25) is 14.5 Å². The van der Waals surface area contributed by atoms with Gasteiger partial charge in [-0.1, -0.05) is 0 Å². The highest BCUT2D eigenvalue weighted by molar-refractivity contribution is 5.94. The number of rotatable bonds is 5. The lowest BCUT2D eigenvalue weighted by Gasteiger charge is -2.34. The van der Waals surface area contributed by atoms with Crippen molar-refractivity contribution in [3.63, 3.8) is 0 Å². The molecule has 3 rings (SSSR count). The van der Waals surface area contributed by atoms with Crippen molar-refractivity contribution < 1.29 is 9.59 Å². The number of aryl methyl sites for hydroxylation is 1. The fraction of sp³-hybridized carbons (Fsp3) is 0.450. The fourth-order valence-electron chi connectivity index (χ4n) is 3.25. The van der Waals surface area contributed by atoms with E-state index in [9.17, 15) is 9.59 Å². The summed E-state index contributed by atoms with van der Waals surface area (Å²) in [5.41, 5.74) is 2.66. The minimum absolute atomic E-state index is 0.0324. The average Bonchev–Trinajstić information content (AvgIpc) is 3.07. The molecule has 1 saturated heterocycles. The number of benzene rings is 1. The molecule has 144 valence electrons. The minimum atomic E-state index is 0.0324. The van der Waals surface area contributed by atoms with Crippen molar-refractivity contribution in [1.82, 2.24) is 24.9 Å². The Morgan fingerprint density at radius 2 is 1.74 bits per heavy atom. The van der Waals surface area contributed by atoms with E-state index in [1.807, 2.05) is 60.7 Å². The number of hydrogen-bond donors (Lipinski definition) is 1. The smallest absolute Gasteiger partial charge is 0.253 e. The Morgan fingerprint density at radius 3 is 2.30 bits per heavy atom. The van der Waals surface area contributed by atoms with Crippen LogP contribution in [-0.4, -0.2) is 70.2 Å². The molecule has 0 spiro atoms. The highest BCUT2D eigenvalue weighted by Gasteiger charge is 2.23. The molecule has 1 aliphatic heterocycles. The zero-order valence-electron chi connectivity index (χ0n) is 16.2. The molecule has 1 aromatic heterocycles. The third-order valence-electron chi connectivity index (χ3n) is 4.67. The molecule has 0 aliphatic carbocycles. The largest absolute Gasteiger partial charge is 0.353 e. The first kappa shape index (κ1) is 19.1. The first-order chi connectivity index (χ1) is 12.9. The van der Waals surface area contributed by atoms with Crippen LogP contribution in [0.5, 0.6) is 0 Å². The maximum Gasteiger partial charge on any atom is 0.253 e. The van der Waals surface area contributed by atoms with Gasteiger partial charge in [0, 0.05) is 49.7 Å². The summed E-state index contributed by atoms with van der Waals surface area (Å²) < 4.78 is 1.84. The average molecular weight is 369 g/mol. The van der Waals surface area contributed by atoms with Crippen LogP contribution >= 0.6 is 0 Å². The van der Waals surface area contributed by atoms with Gasteiger partial charge >= 0.3 is 0 Å². The summed E-state index contributed by atoms with van der Waals surface area (Å²) in [4.78, 5) is 28.6. The van der Waals surface area contributed by atoms with Crippen molar-refractivity contribution in [1.29, 1.82) is 0 Å². The van der Waals surface area contributed by atoms with Crippen LogP contribution in [-0.2, 0) is 4.79 Å². The highest BCUT2D eigenvalue weighted by Crippen LogP contribution is 2.14. The topological polar surface area (TPSA) is 70.5 Å². The van der Waals surface area contributed by atoms with Gasteiger partial charge in [-0.05, 0) is 51.1 Å². The summed E-state index contributed by atoms with van der Waals surface area (Å²) in [6.45, 7) is 8.97. The zero-order chi connectivity index (χ0) is 19.4. The summed E-state index contributed by atoms with van der Waals surface area (Å²) >= 11 is 0. The fourth-order valence-corrected chi connectivity index (χ4v) is 3.25. The third kappa shape index (κ3) is 4.74. The van der Waals surface area contributed by atoms with E-state index in [4.69, 9.17) is 0 Å². The van der Waals surface area contributed by atoms with Crippen molar-refractivity contribution in [2.75, 3.05) is 32.7 Å². The van der Waals surface area contributed by atoms with Crippen LogP contribution in [0.15, 0.2) is 36.5 Å². The van der Waals surface area contributed by atoms with Crippen molar-refractivity contribution in [2.24, 2.45) is 0 Å². The quantitative estimate of drug-likeness (QED) is 0.866. The highest BCUT2D eigenvalue weighted by atomic mass is 16.2. The lowest BCUT2D eigenvalue weighted by atomic mass is 10.1. The molecule has 1 N–H and O–H groups in total. The Kier molecular flexibility index (Phi) is 5.91. The monoisotopic (exact) mass is 369 g/mol. The van der Waals surface area contributed by atoms with Crippen molar-refractivity contribution >= 4 is 11.8 Å². The first-order valence-electron chi connectivity index (χ1n) is 9.36. The van der Waals surface area contributed by atoms with Gasteiger partial charge < -0.3 is 10.2 Å². The van der Waals surface area contributed by atoms with Crippen LogP contribution in [0.4, 0.5) is 0 Å². The van der Waals surface area contributed by atoms with E-state index in [-0.39, 0.29) is 17.9 Å². The first-order valence-corrected chi connectivity index (χ1v) is 9.36. The second kappa shape index (κ2) is 8.35. The summed E-state index contributed by atoms with van der Waals surface area (Å²) in [6.07, 6.45) is 1.76. The van der Waals surface area contributed by atoms with E-state index in [0.29, 0.717) is 38.3 Å². The van der Waals surface area contributed by atoms with Gasteiger partial charge in [-0.15, -0.1) is 0 Å². The number of piperazine rings is 1. The number of nitrogens with zero attached hydrogens (tertiary/aromatic N) is 4. The number of amides is 2. The minimum Gasteiger partial charge on any atom is -0.353 e. The Balaban J connectivity index is 1.55. The molecule has 1 fully saturated rings. The third-order valence-corrected chi connectivity index (χ3v) is 4.67. The van der Waals surface area contributed by atoms with Gasteiger partial charge in [0.05, 0.1) is 12.2 Å². The molecule has 2 aromatic rings. The van der Waals surface area contributed by atoms with Gasteiger partial charge in [0.2, 0.25) is 5.91 Å². The zero-order valence-corrected chi connectivity index (χ0v) is 16.2. The lowest BCUT2D eigenvalue weighted by Crippen LogP contribution is -2.51. The van der Waals surface area contributed by atoms with E-state index in [2.05, 4.69) is 15.3 Å². The summed E-state index contributed by atoms with van der Waals surface area (Å²) in [5, 5.41) is 7.19. The predicted molar refractivity (Wildman–Crippen MR) is 104 cm³/mol. The van der Waals surface area contributed by atoms with Gasteiger partial charge in [0.1, 0.15) is 0 Å². The Labute approximate surface area is 159 Å². The van der Waals surface area contributed by atoms with Crippen LogP contribution in [0.3, 0.4) is 0 Å². The van der Waals surface area contributed by atoms with E-state index in [1.165, 1.54) is 0 Å². The number of carbonyl (C=O) groups is 2. The maximum atomic E-state index is 12.7. The predicted octanol–water partition coefficient (Wildman–Crippen LogP) is 1.46. The lowest BCUT2D eigenvalue weighted by molar-refractivity contribution is -0.123. The maximum absolute atomic E-state index is 12.7. The molecule has 1 aliphatic rings. The SMILES string of the molecule is Cc1ccnn1-c1ccc(C(=O)N2CCN(CC(=O)NC(C)C)CC2)cc1. The standard InChI is InChI=1S/C20H27N5O2/c1-15(2)22-19(26)14-23-10-12-24(13-11-23)20(27)17-4-6-18(7-5-17)25-16(3)8-9-21-25/h4-9,15H,10-14H2,1-3H3,(H,22,26). The van der Waals surface area contributed by atoms with Gasteiger partial charge in [-0.25, -0.2) is 4.68 Å². The van der Waals surface area contributed by atoms with Crippen LogP contribution in [0, 0.1) is 6.92 Å². The molecule has 0 radical (unpaired) electrons. The number of nitrogens with one attached hydrogen (secondary N) is 1. The van der Waals surface area contributed by atoms with Crippen molar-refractivity contribution in [2.45, 2.75) is 26.8 Å². The van der Waals surface area contributed by atoms with Crippen LogP contribution in [0.1, 0.15) is 29.9 Å². The van der Waals surface area contributed by atoms with Crippen molar-refractivity contribution in [3.8, 4) is 5.69 Å². The Hall–Kier alpha value is -2.67. The Bertz CT molecular complexity index is 789. The molecule has 0 bridgehead atoms. The van der Waals surface area contributed by atoms with Crippen LogP contribution in [0.25, 0.3) is 5.69 Å². The Morgan fingerprint density at radius 1 is 1.07 bits per heavy atom. The molecule has 2 heterocycles. The second-order valence-corrected chi connectivity index (χ2v) is 7.22. The molecular formula is C20H27N5O2. The molecule has 0 saturated carbocycles. The molecule has 7 heteroatoms. The molecular weight excluding hydrogens is 342 g/mol. The molecule has 0 atom stereocenters. The summed E-state index contributed by atoms with van der Waals surface area (Å²) in [5.74, 6) is 0.0688. The van der Waals surface area contributed by atoms with Crippen LogP contribution < -0.4 is 5.32 Å². The molecule has 2 amide bonds. The second-order valence-electron chi connectivity index (χ2n) is 7.22. The van der Waals surface area contributed by atoms with E-state index < -0.39 is 0 Å².